The standard InChI is InChI=1S/C15H19N3O/c1-17-7-9-18(10-8-17)15-14-11-13(19-2)4-3-12(14)5-6-16-15/h3-6,11H,7-10H2,1-2H3. The molecule has 2 aromatic rings. The fourth-order valence-electron chi connectivity index (χ4n) is 2.53. The number of aromatic nitrogens is 1. The zero-order valence-corrected chi connectivity index (χ0v) is 11.5. The molecule has 100 valence electrons. The normalized spacial score (nSPS) is 16.8. The smallest absolute Gasteiger partial charge is 0.136 e. The summed E-state index contributed by atoms with van der Waals surface area (Å²) in [6.45, 7) is 4.23. The predicted octanol–water partition coefficient (Wildman–Crippen LogP) is 2.00. The number of nitrogens with zero attached hydrogens (tertiary/aromatic N) is 3. The van der Waals surface area contributed by atoms with Crippen molar-refractivity contribution in [3.05, 3.63) is 30.5 Å². The maximum atomic E-state index is 5.33. The summed E-state index contributed by atoms with van der Waals surface area (Å²) >= 11 is 0. The molecule has 4 nitrogen and oxygen atoms in total. The van der Waals surface area contributed by atoms with Crippen molar-refractivity contribution in [3.8, 4) is 5.75 Å². The van der Waals surface area contributed by atoms with Gasteiger partial charge in [-0.05, 0) is 30.6 Å². The molecule has 0 saturated carbocycles. The second-order valence-electron chi connectivity index (χ2n) is 5.01. The second-order valence-corrected chi connectivity index (χ2v) is 5.01. The van der Waals surface area contributed by atoms with Crippen LogP contribution in [0.25, 0.3) is 10.8 Å². The number of methoxy groups -OCH3 is 1. The van der Waals surface area contributed by atoms with Crippen molar-refractivity contribution in [1.29, 1.82) is 0 Å². The average Bonchev–Trinajstić information content (AvgIpc) is 2.47. The monoisotopic (exact) mass is 257 g/mol. The number of hydrogen-bond acceptors (Lipinski definition) is 4. The minimum absolute atomic E-state index is 0.885. The molecule has 3 rings (SSSR count). The summed E-state index contributed by atoms with van der Waals surface area (Å²) in [5.41, 5.74) is 0. The zero-order chi connectivity index (χ0) is 13.2. The van der Waals surface area contributed by atoms with Gasteiger partial charge in [0.05, 0.1) is 7.11 Å². The summed E-state index contributed by atoms with van der Waals surface area (Å²) in [5, 5.41) is 2.39. The summed E-state index contributed by atoms with van der Waals surface area (Å²) in [5.74, 6) is 1.96. The molecule has 0 radical (unpaired) electrons. The van der Waals surface area contributed by atoms with Gasteiger partial charge in [-0.2, -0.15) is 0 Å². The van der Waals surface area contributed by atoms with Gasteiger partial charge in [0.2, 0.25) is 0 Å². The Bertz CT molecular complexity index is 577. The number of ether oxygens (including phenoxy) is 1. The number of pyridine rings is 1. The molecule has 19 heavy (non-hydrogen) atoms. The van der Waals surface area contributed by atoms with Crippen LogP contribution in [0.15, 0.2) is 30.5 Å². The van der Waals surface area contributed by atoms with Gasteiger partial charge in [-0.3, -0.25) is 0 Å². The highest BCUT2D eigenvalue weighted by Gasteiger charge is 2.17. The van der Waals surface area contributed by atoms with Crippen LogP contribution in [0.3, 0.4) is 0 Å². The molecular formula is C15H19N3O. The largest absolute Gasteiger partial charge is 0.497 e. The molecule has 0 spiro atoms. The molecule has 2 heterocycles. The minimum Gasteiger partial charge on any atom is -0.497 e. The van der Waals surface area contributed by atoms with Crippen LogP contribution in [0.1, 0.15) is 0 Å². The number of fused-ring (bicyclic) bond motifs is 1. The topological polar surface area (TPSA) is 28.6 Å². The zero-order valence-electron chi connectivity index (χ0n) is 11.5. The number of piperazine rings is 1. The van der Waals surface area contributed by atoms with Gasteiger partial charge in [-0.25, -0.2) is 4.98 Å². The average molecular weight is 257 g/mol. The van der Waals surface area contributed by atoms with E-state index < -0.39 is 0 Å². The first kappa shape index (κ1) is 12.2. The summed E-state index contributed by atoms with van der Waals surface area (Å²) in [6.07, 6.45) is 1.89. The lowest BCUT2D eigenvalue weighted by Gasteiger charge is -2.33. The highest BCUT2D eigenvalue weighted by Crippen LogP contribution is 2.28. The third-order valence-corrected chi connectivity index (χ3v) is 3.76. The molecule has 0 N–H and O–H groups in total. The van der Waals surface area contributed by atoms with Crippen LogP contribution in [-0.4, -0.2) is 50.2 Å². The Morgan fingerprint density at radius 2 is 1.89 bits per heavy atom. The third-order valence-electron chi connectivity index (χ3n) is 3.76. The molecule has 1 saturated heterocycles. The first-order valence-corrected chi connectivity index (χ1v) is 6.64. The minimum atomic E-state index is 0.885. The Hall–Kier alpha value is -1.81. The fraction of sp³-hybridized carbons (Fsp3) is 0.400. The summed E-state index contributed by atoms with van der Waals surface area (Å²) < 4.78 is 5.33. The lowest BCUT2D eigenvalue weighted by molar-refractivity contribution is 0.312. The van der Waals surface area contributed by atoms with Gasteiger partial charge >= 0.3 is 0 Å². The SMILES string of the molecule is COc1ccc2ccnc(N3CCN(C)CC3)c2c1. The quantitative estimate of drug-likeness (QED) is 0.822. The summed E-state index contributed by atoms with van der Waals surface area (Å²) in [4.78, 5) is 9.30. The Balaban J connectivity index is 2.02. The van der Waals surface area contributed by atoms with Gasteiger partial charge in [0, 0.05) is 37.8 Å². The van der Waals surface area contributed by atoms with Crippen LogP contribution in [0, 0.1) is 0 Å². The lowest BCUT2D eigenvalue weighted by Crippen LogP contribution is -2.44. The van der Waals surface area contributed by atoms with Crippen molar-refractivity contribution < 1.29 is 4.74 Å². The van der Waals surface area contributed by atoms with Gasteiger partial charge in [-0.1, -0.05) is 6.07 Å². The molecule has 1 aromatic heterocycles. The van der Waals surface area contributed by atoms with E-state index in [9.17, 15) is 0 Å². The van der Waals surface area contributed by atoms with Crippen LogP contribution in [0.4, 0.5) is 5.82 Å². The van der Waals surface area contributed by atoms with E-state index in [0.717, 1.165) is 37.7 Å². The van der Waals surface area contributed by atoms with Crippen LogP contribution in [0.2, 0.25) is 0 Å². The maximum Gasteiger partial charge on any atom is 0.136 e. The molecule has 0 unspecified atom stereocenters. The van der Waals surface area contributed by atoms with Crippen LogP contribution < -0.4 is 9.64 Å². The molecule has 0 bridgehead atoms. The van der Waals surface area contributed by atoms with E-state index in [1.54, 1.807) is 7.11 Å². The second kappa shape index (κ2) is 5.05. The van der Waals surface area contributed by atoms with E-state index in [-0.39, 0.29) is 0 Å². The molecule has 1 aliphatic heterocycles. The van der Waals surface area contributed by atoms with Gasteiger partial charge in [0.15, 0.2) is 0 Å². The highest BCUT2D eigenvalue weighted by molar-refractivity contribution is 5.93. The number of hydrogen-bond donors (Lipinski definition) is 0. The first-order valence-electron chi connectivity index (χ1n) is 6.64. The van der Waals surface area contributed by atoms with Crippen molar-refractivity contribution in [3.63, 3.8) is 0 Å². The van der Waals surface area contributed by atoms with E-state index in [1.165, 1.54) is 10.8 Å². The van der Waals surface area contributed by atoms with Gasteiger partial charge < -0.3 is 14.5 Å². The molecule has 0 amide bonds. The molecule has 1 fully saturated rings. The van der Waals surface area contributed by atoms with E-state index >= 15 is 0 Å². The summed E-state index contributed by atoms with van der Waals surface area (Å²) in [7, 11) is 3.87. The van der Waals surface area contributed by atoms with E-state index in [2.05, 4.69) is 34.0 Å². The van der Waals surface area contributed by atoms with Crippen LogP contribution >= 0.6 is 0 Å². The summed E-state index contributed by atoms with van der Waals surface area (Å²) in [6, 6.07) is 8.22. The number of benzene rings is 1. The van der Waals surface area contributed by atoms with E-state index in [0.29, 0.717) is 0 Å². The third kappa shape index (κ3) is 2.36. The Morgan fingerprint density at radius 1 is 1.11 bits per heavy atom. The van der Waals surface area contributed by atoms with Crippen molar-refractivity contribution in [2.24, 2.45) is 0 Å². The Labute approximate surface area is 113 Å². The van der Waals surface area contributed by atoms with Gasteiger partial charge in [0.25, 0.3) is 0 Å². The maximum absolute atomic E-state index is 5.33. The predicted molar refractivity (Wildman–Crippen MR) is 78.0 cm³/mol. The lowest BCUT2D eigenvalue weighted by atomic mass is 10.1. The van der Waals surface area contributed by atoms with Crippen LogP contribution in [0.5, 0.6) is 5.75 Å². The molecule has 0 atom stereocenters. The van der Waals surface area contributed by atoms with Crippen molar-refractivity contribution in [2.45, 2.75) is 0 Å². The van der Waals surface area contributed by atoms with E-state index in [1.807, 2.05) is 18.3 Å². The van der Waals surface area contributed by atoms with Gasteiger partial charge in [-0.15, -0.1) is 0 Å². The highest BCUT2D eigenvalue weighted by atomic mass is 16.5. The number of anilines is 1. The van der Waals surface area contributed by atoms with Crippen molar-refractivity contribution >= 4 is 16.6 Å². The molecular weight excluding hydrogens is 238 g/mol. The first-order chi connectivity index (χ1) is 9.28. The fourth-order valence-corrected chi connectivity index (χ4v) is 2.53. The molecule has 1 aliphatic rings. The van der Waals surface area contributed by atoms with Crippen molar-refractivity contribution in [2.75, 3.05) is 45.2 Å². The molecule has 4 heteroatoms. The number of rotatable bonds is 2. The Morgan fingerprint density at radius 3 is 2.63 bits per heavy atom. The van der Waals surface area contributed by atoms with Crippen molar-refractivity contribution in [1.82, 2.24) is 9.88 Å². The molecule has 1 aromatic carbocycles. The van der Waals surface area contributed by atoms with Crippen LogP contribution in [-0.2, 0) is 0 Å². The number of likely N-dealkylation sites (N-methyl/N-ethyl adjacent to an activating group) is 1. The van der Waals surface area contributed by atoms with E-state index in [4.69, 9.17) is 4.74 Å². The van der Waals surface area contributed by atoms with Gasteiger partial charge in [0.1, 0.15) is 11.6 Å². The Kier molecular flexibility index (Phi) is 3.25. The molecule has 0 aliphatic carbocycles.